The van der Waals surface area contributed by atoms with Gasteiger partial charge in [0.15, 0.2) is 12.1 Å². The van der Waals surface area contributed by atoms with Crippen LogP contribution in [0.2, 0.25) is 0 Å². The Morgan fingerprint density at radius 3 is 2.73 bits per heavy atom. The van der Waals surface area contributed by atoms with E-state index in [4.69, 9.17) is 5.26 Å². The first-order valence-electron chi connectivity index (χ1n) is 3.92. The summed E-state index contributed by atoms with van der Waals surface area (Å²) in [4.78, 5) is 21.9. The first-order valence-corrected chi connectivity index (χ1v) is 5.04. The van der Waals surface area contributed by atoms with Gasteiger partial charge in [-0.1, -0.05) is 15.9 Å². The molecule has 5 heteroatoms. The number of hydrogen-bond donors (Lipinski definition) is 0. The van der Waals surface area contributed by atoms with Crippen LogP contribution in [0.15, 0.2) is 12.1 Å². The monoisotopic (exact) mass is 269 g/mol. The number of hydrogen-bond acceptors (Lipinski definition) is 3. The van der Waals surface area contributed by atoms with E-state index in [1.807, 2.05) is 0 Å². The van der Waals surface area contributed by atoms with E-state index in [1.165, 1.54) is 0 Å². The van der Waals surface area contributed by atoms with E-state index in [0.717, 1.165) is 12.1 Å². The van der Waals surface area contributed by atoms with Crippen LogP contribution in [-0.4, -0.2) is 17.4 Å². The van der Waals surface area contributed by atoms with Gasteiger partial charge in [0.2, 0.25) is 0 Å². The van der Waals surface area contributed by atoms with E-state index in [9.17, 15) is 14.0 Å². The van der Waals surface area contributed by atoms with Gasteiger partial charge in [-0.2, -0.15) is 5.26 Å². The minimum atomic E-state index is -0.799. The van der Waals surface area contributed by atoms with Gasteiger partial charge in [-0.3, -0.25) is 9.59 Å². The highest BCUT2D eigenvalue weighted by molar-refractivity contribution is 9.09. The average Bonchev–Trinajstić information content (AvgIpc) is 2.27. The van der Waals surface area contributed by atoms with Crippen molar-refractivity contribution in [2.45, 2.75) is 0 Å². The molecule has 1 aromatic rings. The summed E-state index contributed by atoms with van der Waals surface area (Å²) in [6, 6.07) is 3.57. The summed E-state index contributed by atoms with van der Waals surface area (Å²) in [5, 5.41) is 8.52. The maximum atomic E-state index is 13.2. The maximum Gasteiger partial charge on any atom is 0.174 e. The number of benzene rings is 1. The van der Waals surface area contributed by atoms with Crippen LogP contribution >= 0.6 is 15.9 Å². The van der Waals surface area contributed by atoms with Crippen LogP contribution in [-0.2, 0) is 0 Å². The lowest BCUT2D eigenvalue weighted by atomic mass is 10.0. The van der Waals surface area contributed by atoms with Crippen LogP contribution in [0.25, 0.3) is 0 Å². The molecule has 0 fully saturated rings. The summed E-state index contributed by atoms with van der Waals surface area (Å²) in [6.45, 7) is 0. The Morgan fingerprint density at radius 1 is 1.60 bits per heavy atom. The topological polar surface area (TPSA) is 57.9 Å². The predicted molar refractivity (Wildman–Crippen MR) is 54.6 cm³/mol. The number of carbonyl (C=O) groups excluding carboxylic acids is 2. The summed E-state index contributed by atoms with van der Waals surface area (Å²) in [5.74, 6) is -1.20. The highest BCUT2D eigenvalue weighted by Gasteiger charge is 2.14. The molecule has 0 aliphatic carbocycles. The molecule has 0 atom stereocenters. The van der Waals surface area contributed by atoms with Gasteiger partial charge in [0.25, 0.3) is 0 Å². The van der Waals surface area contributed by atoms with Crippen molar-refractivity contribution in [1.29, 1.82) is 5.26 Å². The number of Topliss-reactive ketones (excluding diaryl/α,β-unsaturated/α-hetero) is 1. The lowest BCUT2D eigenvalue weighted by Gasteiger charge is -2.02. The van der Waals surface area contributed by atoms with E-state index in [2.05, 4.69) is 15.9 Å². The summed E-state index contributed by atoms with van der Waals surface area (Å²) in [6.07, 6.45) is 0.427. The minimum Gasteiger partial charge on any atom is -0.298 e. The van der Waals surface area contributed by atoms with Crippen LogP contribution in [0.3, 0.4) is 0 Å². The second kappa shape index (κ2) is 4.80. The van der Waals surface area contributed by atoms with Crippen molar-refractivity contribution < 1.29 is 14.0 Å². The number of nitrogens with zero attached hydrogens (tertiary/aromatic N) is 1. The van der Waals surface area contributed by atoms with Crippen LogP contribution in [0.4, 0.5) is 4.39 Å². The lowest BCUT2D eigenvalue weighted by molar-refractivity contribution is 0.101. The standard InChI is InChI=1S/C10H5BrFNO2/c11-3-10(15)8-2-9(12)6(4-13)1-7(8)5-14/h1-2,5H,3H2. The molecule has 1 aromatic carbocycles. The van der Waals surface area contributed by atoms with Gasteiger partial charge in [0.1, 0.15) is 11.9 Å². The highest BCUT2D eigenvalue weighted by atomic mass is 79.9. The van der Waals surface area contributed by atoms with Crippen molar-refractivity contribution in [1.82, 2.24) is 0 Å². The number of aldehydes is 1. The van der Waals surface area contributed by atoms with Crippen LogP contribution in [0.1, 0.15) is 26.3 Å². The molecule has 0 saturated carbocycles. The molecule has 0 saturated heterocycles. The molecule has 3 nitrogen and oxygen atoms in total. The summed E-state index contributed by atoms with van der Waals surface area (Å²) < 4.78 is 13.2. The Bertz CT molecular complexity index is 465. The van der Waals surface area contributed by atoms with E-state index in [-0.39, 0.29) is 22.0 Å². The van der Waals surface area contributed by atoms with Crippen molar-refractivity contribution in [2.24, 2.45) is 0 Å². The third kappa shape index (κ3) is 2.28. The Kier molecular flexibility index (Phi) is 3.69. The number of rotatable bonds is 3. The molecule has 1 rings (SSSR count). The zero-order chi connectivity index (χ0) is 11.4. The van der Waals surface area contributed by atoms with Crippen LogP contribution in [0.5, 0.6) is 0 Å². The molecule has 0 N–H and O–H groups in total. The molecule has 0 bridgehead atoms. The predicted octanol–water partition coefficient (Wildman–Crippen LogP) is 2.09. The Balaban J connectivity index is 3.41. The second-order valence-corrected chi connectivity index (χ2v) is 3.27. The molecular formula is C10H5BrFNO2. The second-order valence-electron chi connectivity index (χ2n) is 2.71. The first-order chi connectivity index (χ1) is 7.13. The van der Waals surface area contributed by atoms with Crippen molar-refractivity contribution in [3.8, 4) is 6.07 Å². The molecule has 0 amide bonds. The molecule has 0 unspecified atom stereocenters. The summed E-state index contributed by atoms with van der Waals surface area (Å²) >= 11 is 2.92. The molecule has 0 aromatic heterocycles. The largest absolute Gasteiger partial charge is 0.298 e. The number of ketones is 1. The van der Waals surface area contributed by atoms with Gasteiger partial charge >= 0.3 is 0 Å². The summed E-state index contributed by atoms with van der Waals surface area (Å²) in [7, 11) is 0. The quantitative estimate of drug-likeness (QED) is 0.480. The zero-order valence-corrected chi connectivity index (χ0v) is 9.04. The maximum absolute atomic E-state index is 13.2. The zero-order valence-electron chi connectivity index (χ0n) is 7.46. The van der Waals surface area contributed by atoms with Crippen LogP contribution < -0.4 is 0 Å². The van der Waals surface area contributed by atoms with Crippen molar-refractivity contribution >= 4 is 28.0 Å². The third-order valence-corrected chi connectivity index (χ3v) is 2.32. The number of halogens is 2. The minimum absolute atomic E-state index is 0.000813. The molecule has 0 aliphatic heterocycles. The van der Waals surface area contributed by atoms with Crippen molar-refractivity contribution in [2.75, 3.05) is 5.33 Å². The fraction of sp³-hybridized carbons (Fsp3) is 0.100. The van der Waals surface area contributed by atoms with Gasteiger partial charge < -0.3 is 0 Å². The number of nitriles is 1. The normalized spacial score (nSPS) is 9.40. The lowest BCUT2D eigenvalue weighted by Crippen LogP contribution is -2.06. The molecule has 0 radical (unpaired) electrons. The Morgan fingerprint density at radius 2 is 2.27 bits per heavy atom. The summed E-state index contributed by atoms with van der Waals surface area (Å²) in [5.41, 5.74) is -0.237. The Hall–Kier alpha value is -1.54. The van der Waals surface area contributed by atoms with Crippen molar-refractivity contribution in [3.05, 3.63) is 34.6 Å². The fourth-order valence-electron chi connectivity index (χ4n) is 1.09. The van der Waals surface area contributed by atoms with Gasteiger partial charge in [-0.15, -0.1) is 0 Å². The van der Waals surface area contributed by atoms with Gasteiger partial charge in [-0.05, 0) is 12.1 Å². The van der Waals surface area contributed by atoms with E-state index in [1.54, 1.807) is 6.07 Å². The van der Waals surface area contributed by atoms with Gasteiger partial charge in [-0.25, -0.2) is 4.39 Å². The Labute approximate surface area is 93.6 Å². The molecule has 0 spiro atoms. The molecule has 15 heavy (non-hydrogen) atoms. The molecule has 0 heterocycles. The van der Waals surface area contributed by atoms with Crippen molar-refractivity contribution in [3.63, 3.8) is 0 Å². The fourth-order valence-corrected chi connectivity index (χ4v) is 1.39. The van der Waals surface area contributed by atoms with E-state index >= 15 is 0 Å². The molecule has 76 valence electrons. The third-order valence-electron chi connectivity index (χ3n) is 1.81. The number of alkyl halides is 1. The number of carbonyl (C=O) groups is 2. The van der Waals surface area contributed by atoms with E-state index < -0.39 is 11.6 Å². The highest BCUT2D eigenvalue weighted by Crippen LogP contribution is 2.15. The van der Waals surface area contributed by atoms with Crippen LogP contribution in [0, 0.1) is 17.1 Å². The SMILES string of the molecule is N#Cc1cc(C=O)c(C(=O)CBr)cc1F. The first kappa shape index (κ1) is 11.5. The van der Waals surface area contributed by atoms with E-state index in [0.29, 0.717) is 6.29 Å². The average molecular weight is 270 g/mol. The smallest absolute Gasteiger partial charge is 0.174 e. The molecule has 0 aliphatic rings. The van der Waals surface area contributed by atoms with Gasteiger partial charge in [0.05, 0.1) is 10.9 Å². The van der Waals surface area contributed by atoms with Gasteiger partial charge in [0, 0.05) is 11.1 Å². The molecular weight excluding hydrogens is 265 g/mol.